The highest BCUT2D eigenvalue weighted by Crippen LogP contribution is 2.07. The lowest BCUT2D eigenvalue weighted by atomic mass is 10.4. The maximum Gasteiger partial charge on any atom is 0.333 e. The molecule has 2 heterocycles. The largest absolute Gasteiger partial charge is 0.333 e. The van der Waals surface area contributed by atoms with E-state index in [2.05, 4.69) is 23.1 Å². The molecule has 1 N–H and O–H groups in total. The minimum Gasteiger partial charge on any atom is -0.327 e. The second kappa shape index (κ2) is 4.92. The van der Waals surface area contributed by atoms with Gasteiger partial charge in [0.1, 0.15) is 0 Å². The topological polar surface area (TPSA) is 72.7 Å². The minimum absolute atomic E-state index is 0.167. The van der Waals surface area contributed by atoms with E-state index in [0.29, 0.717) is 21.5 Å². The van der Waals surface area contributed by atoms with Crippen molar-refractivity contribution in [3.05, 3.63) is 50.0 Å². The van der Waals surface area contributed by atoms with Crippen LogP contribution in [0.3, 0.4) is 0 Å². The smallest absolute Gasteiger partial charge is 0.327 e. The van der Waals surface area contributed by atoms with Crippen LogP contribution in [0.4, 0.5) is 0 Å². The van der Waals surface area contributed by atoms with Crippen LogP contribution in [0.25, 0.3) is 11.2 Å². The molecule has 18 heavy (non-hydrogen) atoms. The zero-order chi connectivity index (χ0) is 13.3. The van der Waals surface area contributed by atoms with Crippen LogP contribution >= 0.6 is 22.6 Å². The molecule has 6 nitrogen and oxygen atoms in total. The number of nitrogens with zero attached hydrogens (tertiary/aromatic N) is 3. The lowest BCUT2D eigenvalue weighted by Gasteiger charge is -2.07. The molecule has 0 aliphatic carbocycles. The van der Waals surface area contributed by atoms with Crippen LogP contribution in [0.2, 0.25) is 0 Å². The number of aromatic amines is 1. The van der Waals surface area contributed by atoms with E-state index in [4.69, 9.17) is 0 Å². The highest BCUT2D eigenvalue weighted by atomic mass is 127. The lowest BCUT2D eigenvalue weighted by Crippen LogP contribution is -2.39. The van der Waals surface area contributed by atoms with Crippen LogP contribution in [0.15, 0.2) is 34.9 Å². The van der Waals surface area contributed by atoms with Crippen LogP contribution < -0.4 is 11.2 Å². The number of nitrogens with one attached hydrogen (secondary N) is 1. The van der Waals surface area contributed by atoms with Crippen molar-refractivity contribution in [2.24, 2.45) is 0 Å². The summed E-state index contributed by atoms with van der Waals surface area (Å²) in [5.41, 5.74) is -0.113. The molecule has 0 unspecified atom stereocenters. The number of hydrogen-bond donors (Lipinski definition) is 1. The van der Waals surface area contributed by atoms with Crippen molar-refractivity contribution >= 4 is 33.8 Å². The van der Waals surface area contributed by atoms with E-state index in [1.54, 1.807) is 6.08 Å². The van der Waals surface area contributed by atoms with Gasteiger partial charge in [-0.1, -0.05) is 12.2 Å². The predicted molar refractivity (Wildman–Crippen MR) is 77.7 cm³/mol. The van der Waals surface area contributed by atoms with Gasteiger partial charge in [-0.15, -0.1) is 13.2 Å². The van der Waals surface area contributed by atoms with Crippen molar-refractivity contribution in [1.29, 1.82) is 0 Å². The summed E-state index contributed by atoms with van der Waals surface area (Å²) in [7, 11) is 0. The molecule has 94 valence electrons. The summed E-state index contributed by atoms with van der Waals surface area (Å²) in [5, 5.41) is 0. The van der Waals surface area contributed by atoms with Gasteiger partial charge in [0.25, 0.3) is 5.56 Å². The Morgan fingerprint density at radius 2 is 1.83 bits per heavy atom. The first-order valence-corrected chi connectivity index (χ1v) is 6.28. The van der Waals surface area contributed by atoms with Crippen molar-refractivity contribution in [2.45, 2.75) is 13.1 Å². The molecular weight excluding hydrogens is 347 g/mol. The highest BCUT2D eigenvalue weighted by Gasteiger charge is 2.15. The van der Waals surface area contributed by atoms with Crippen LogP contribution in [-0.4, -0.2) is 19.1 Å². The SMILES string of the molecule is C=CCn1c(=O)c2[nH]c(I)nc2n(CC=C)c1=O. The number of imidazole rings is 1. The third-order valence-electron chi connectivity index (χ3n) is 2.46. The van der Waals surface area contributed by atoms with Crippen molar-refractivity contribution in [3.63, 3.8) is 0 Å². The molecule has 7 heteroatoms. The molecular formula is C11H11IN4O2. The quantitative estimate of drug-likeness (QED) is 0.501. The zero-order valence-electron chi connectivity index (χ0n) is 9.52. The molecule has 0 atom stereocenters. The average Bonchev–Trinajstić information content (AvgIpc) is 2.72. The number of fused-ring (bicyclic) bond motifs is 1. The van der Waals surface area contributed by atoms with E-state index in [1.165, 1.54) is 10.6 Å². The van der Waals surface area contributed by atoms with Crippen molar-refractivity contribution < 1.29 is 0 Å². The molecule has 2 aromatic rings. The average molecular weight is 358 g/mol. The minimum atomic E-state index is -0.407. The fourth-order valence-corrected chi connectivity index (χ4v) is 2.22. The third-order valence-corrected chi connectivity index (χ3v) is 2.97. The number of H-pyrrole nitrogens is 1. The summed E-state index contributed by atoms with van der Waals surface area (Å²) >= 11 is 1.96. The molecule has 0 aliphatic heterocycles. The fourth-order valence-electron chi connectivity index (χ4n) is 1.72. The van der Waals surface area contributed by atoms with Gasteiger partial charge in [0.05, 0.1) is 0 Å². The number of aromatic nitrogens is 4. The second-order valence-corrected chi connectivity index (χ2v) is 4.63. The first-order valence-electron chi connectivity index (χ1n) is 5.20. The van der Waals surface area contributed by atoms with Gasteiger partial charge in [-0.3, -0.25) is 13.9 Å². The van der Waals surface area contributed by atoms with Crippen LogP contribution in [0.1, 0.15) is 0 Å². The van der Waals surface area contributed by atoms with Gasteiger partial charge in [-0.05, 0) is 22.6 Å². The van der Waals surface area contributed by atoms with Gasteiger partial charge in [-0.2, -0.15) is 0 Å². The van der Waals surface area contributed by atoms with E-state index < -0.39 is 5.69 Å². The van der Waals surface area contributed by atoms with Gasteiger partial charge in [0.15, 0.2) is 15.0 Å². The molecule has 2 rings (SSSR count). The van der Waals surface area contributed by atoms with Crippen LogP contribution in [-0.2, 0) is 13.1 Å². The maximum absolute atomic E-state index is 12.2. The molecule has 2 aromatic heterocycles. The number of rotatable bonds is 4. The van der Waals surface area contributed by atoms with Gasteiger partial charge in [0.2, 0.25) is 0 Å². The molecule has 0 aromatic carbocycles. The molecule has 0 aliphatic rings. The third kappa shape index (κ3) is 1.94. The molecule has 0 spiro atoms. The van der Waals surface area contributed by atoms with Gasteiger partial charge in [0, 0.05) is 13.1 Å². The Morgan fingerprint density at radius 3 is 2.44 bits per heavy atom. The number of allylic oxidation sites excluding steroid dienone is 2. The molecule has 0 radical (unpaired) electrons. The Labute approximate surface area is 116 Å². The Hall–Kier alpha value is -1.64. The standard InChI is InChI=1S/C11H11IN4O2/c1-3-5-15-8-7(13-10(12)14-8)9(17)16(6-4-2)11(15)18/h3-4H,1-2,5-6H2,(H,13,14). The Balaban J connectivity index is 2.95. The Kier molecular flexibility index (Phi) is 3.50. The van der Waals surface area contributed by atoms with Crippen molar-refractivity contribution in [1.82, 2.24) is 19.1 Å². The first kappa shape index (κ1) is 12.8. The molecule has 0 saturated heterocycles. The van der Waals surface area contributed by atoms with Gasteiger partial charge < -0.3 is 4.98 Å². The maximum atomic E-state index is 12.2. The normalized spacial score (nSPS) is 10.7. The second-order valence-electron chi connectivity index (χ2n) is 3.61. The summed E-state index contributed by atoms with van der Waals surface area (Å²) in [6, 6.07) is 0. The predicted octanol–water partition coefficient (Wildman–Crippen LogP) is 0.863. The Bertz CT molecular complexity index is 738. The lowest BCUT2D eigenvalue weighted by molar-refractivity contribution is 0.646. The highest BCUT2D eigenvalue weighted by molar-refractivity contribution is 14.1. The van der Waals surface area contributed by atoms with Crippen LogP contribution in [0.5, 0.6) is 0 Å². The van der Waals surface area contributed by atoms with E-state index in [1.807, 2.05) is 22.6 Å². The summed E-state index contributed by atoms with van der Waals surface area (Å²) in [4.78, 5) is 31.3. The molecule has 0 amide bonds. The van der Waals surface area contributed by atoms with Crippen LogP contribution in [0, 0.1) is 3.83 Å². The van der Waals surface area contributed by atoms with Crippen molar-refractivity contribution in [3.8, 4) is 0 Å². The van der Waals surface area contributed by atoms with Gasteiger partial charge in [-0.25, -0.2) is 9.78 Å². The van der Waals surface area contributed by atoms with E-state index >= 15 is 0 Å². The van der Waals surface area contributed by atoms with E-state index in [-0.39, 0.29) is 12.1 Å². The van der Waals surface area contributed by atoms with E-state index in [0.717, 1.165) is 4.57 Å². The molecule has 0 saturated carbocycles. The summed E-state index contributed by atoms with van der Waals surface area (Å²) in [6.45, 7) is 7.61. The van der Waals surface area contributed by atoms with Gasteiger partial charge >= 0.3 is 5.69 Å². The Morgan fingerprint density at radius 1 is 1.22 bits per heavy atom. The summed E-state index contributed by atoms with van der Waals surface area (Å²) < 4.78 is 3.09. The number of hydrogen-bond acceptors (Lipinski definition) is 3. The number of halogens is 1. The fraction of sp³-hybridized carbons (Fsp3) is 0.182. The van der Waals surface area contributed by atoms with E-state index in [9.17, 15) is 9.59 Å². The summed E-state index contributed by atoms with van der Waals surface area (Å²) in [6.07, 6.45) is 3.10. The summed E-state index contributed by atoms with van der Waals surface area (Å²) in [5.74, 6) is 0. The molecule has 0 fully saturated rings. The van der Waals surface area contributed by atoms with Crippen molar-refractivity contribution in [2.75, 3.05) is 0 Å². The molecule has 0 bridgehead atoms. The monoisotopic (exact) mass is 358 g/mol. The zero-order valence-corrected chi connectivity index (χ0v) is 11.7. The first-order chi connectivity index (χ1) is 8.60.